The predicted octanol–water partition coefficient (Wildman–Crippen LogP) is 1.53. The Bertz CT molecular complexity index is 197. The van der Waals surface area contributed by atoms with Crippen molar-refractivity contribution in [3.05, 3.63) is 0 Å². The van der Waals surface area contributed by atoms with Crippen LogP contribution in [0.3, 0.4) is 0 Å². The summed E-state index contributed by atoms with van der Waals surface area (Å²) in [4.78, 5) is 11.5. The Morgan fingerprint density at radius 1 is 1.50 bits per heavy atom. The Morgan fingerprint density at radius 3 is 2.64 bits per heavy atom. The molecule has 3 heteroatoms. The van der Waals surface area contributed by atoms with Crippen LogP contribution in [0.2, 0.25) is 0 Å². The fourth-order valence-corrected chi connectivity index (χ4v) is 1.87. The standard InChI is InChI=1S/C11H20O3/c1-3-11(13,4-2)7-9-8-14-6-5-10(9)12/h9,13H,3-8H2,1-2H3. The van der Waals surface area contributed by atoms with Crippen LogP contribution in [0.15, 0.2) is 0 Å². The molecular weight excluding hydrogens is 180 g/mol. The molecule has 14 heavy (non-hydrogen) atoms. The average Bonchev–Trinajstić information content (AvgIpc) is 2.21. The van der Waals surface area contributed by atoms with E-state index in [1.54, 1.807) is 0 Å². The first-order valence-electron chi connectivity index (χ1n) is 5.44. The van der Waals surface area contributed by atoms with Gasteiger partial charge in [-0.15, -0.1) is 0 Å². The maximum Gasteiger partial charge on any atom is 0.140 e. The molecule has 0 amide bonds. The van der Waals surface area contributed by atoms with Crippen LogP contribution >= 0.6 is 0 Å². The highest BCUT2D eigenvalue weighted by atomic mass is 16.5. The molecule has 1 heterocycles. The summed E-state index contributed by atoms with van der Waals surface area (Å²) in [6.07, 6.45) is 2.47. The van der Waals surface area contributed by atoms with Gasteiger partial charge in [-0.3, -0.25) is 4.79 Å². The molecule has 0 aromatic rings. The number of ketones is 1. The van der Waals surface area contributed by atoms with Crippen molar-refractivity contribution in [3.63, 3.8) is 0 Å². The van der Waals surface area contributed by atoms with Gasteiger partial charge in [-0.2, -0.15) is 0 Å². The fourth-order valence-electron chi connectivity index (χ4n) is 1.87. The smallest absolute Gasteiger partial charge is 0.140 e. The van der Waals surface area contributed by atoms with E-state index in [1.165, 1.54) is 0 Å². The number of aliphatic hydroxyl groups is 1. The molecule has 1 rings (SSSR count). The Hall–Kier alpha value is -0.410. The fraction of sp³-hybridized carbons (Fsp3) is 0.909. The van der Waals surface area contributed by atoms with Crippen LogP contribution in [-0.4, -0.2) is 29.7 Å². The molecule has 0 aromatic heterocycles. The van der Waals surface area contributed by atoms with Crippen molar-refractivity contribution in [2.45, 2.75) is 45.1 Å². The lowest BCUT2D eigenvalue weighted by Crippen LogP contribution is -2.37. The van der Waals surface area contributed by atoms with Gasteiger partial charge >= 0.3 is 0 Å². The molecule has 0 saturated carbocycles. The van der Waals surface area contributed by atoms with Crippen molar-refractivity contribution in [1.82, 2.24) is 0 Å². The van der Waals surface area contributed by atoms with Gasteiger partial charge in [0.05, 0.1) is 18.8 Å². The van der Waals surface area contributed by atoms with Gasteiger partial charge < -0.3 is 9.84 Å². The Labute approximate surface area is 85.5 Å². The van der Waals surface area contributed by atoms with Crippen LogP contribution in [0.25, 0.3) is 0 Å². The summed E-state index contributed by atoms with van der Waals surface area (Å²) in [6, 6.07) is 0. The highest BCUT2D eigenvalue weighted by Crippen LogP contribution is 2.27. The third kappa shape index (κ3) is 2.79. The highest BCUT2D eigenvalue weighted by molar-refractivity contribution is 5.81. The first-order valence-corrected chi connectivity index (χ1v) is 5.44. The Kier molecular flexibility index (Phi) is 4.08. The van der Waals surface area contributed by atoms with Gasteiger partial charge in [0, 0.05) is 12.3 Å². The van der Waals surface area contributed by atoms with Crippen molar-refractivity contribution in [3.8, 4) is 0 Å². The summed E-state index contributed by atoms with van der Waals surface area (Å²) in [5.74, 6) is 0.158. The summed E-state index contributed by atoms with van der Waals surface area (Å²) in [5.41, 5.74) is -0.680. The summed E-state index contributed by atoms with van der Waals surface area (Å²) < 4.78 is 5.26. The molecule has 1 atom stereocenters. The van der Waals surface area contributed by atoms with Gasteiger partial charge in [0.25, 0.3) is 0 Å². The molecule has 0 aliphatic carbocycles. The molecule has 0 spiro atoms. The number of Topliss-reactive ketones (excluding diaryl/α,β-unsaturated/α-hetero) is 1. The van der Waals surface area contributed by atoms with E-state index in [-0.39, 0.29) is 11.7 Å². The zero-order valence-electron chi connectivity index (χ0n) is 9.08. The quantitative estimate of drug-likeness (QED) is 0.748. The van der Waals surface area contributed by atoms with Gasteiger partial charge in [0.15, 0.2) is 0 Å². The molecule has 1 unspecified atom stereocenters. The first kappa shape index (κ1) is 11.7. The lowest BCUT2D eigenvalue weighted by Gasteiger charge is -2.31. The maximum absolute atomic E-state index is 11.5. The maximum atomic E-state index is 11.5. The second-order valence-electron chi connectivity index (χ2n) is 4.12. The van der Waals surface area contributed by atoms with E-state index in [4.69, 9.17) is 4.74 Å². The summed E-state index contributed by atoms with van der Waals surface area (Å²) in [5, 5.41) is 10.1. The van der Waals surface area contributed by atoms with Crippen molar-refractivity contribution in [2.24, 2.45) is 5.92 Å². The molecule has 1 aliphatic heterocycles. The van der Waals surface area contributed by atoms with Crippen LogP contribution in [0, 0.1) is 5.92 Å². The SMILES string of the molecule is CCC(O)(CC)CC1COCCC1=O. The Balaban J connectivity index is 2.52. The number of carbonyl (C=O) groups excluding carboxylic acids is 1. The van der Waals surface area contributed by atoms with Gasteiger partial charge in [0.1, 0.15) is 5.78 Å². The van der Waals surface area contributed by atoms with E-state index in [1.807, 2.05) is 13.8 Å². The lowest BCUT2D eigenvalue weighted by atomic mass is 9.83. The minimum Gasteiger partial charge on any atom is -0.390 e. The van der Waals surface area contributed by atoms with E-state index < -0.39 is 5.60 Å². The predicted molar refractivity (Wildman–Crippen MR) is 54.1 cm³/mol. The summed E-state index contributed by atoms with van der Waals surface area (Å²) in [7, 11) is 0. The topological polar surface area (TPSA) is 46.5 Å². The third-order valence-corrected chi connectivity index (χ3v) is 3.21. The molecule has 0 radical (unpaired) electrons. The number of ether oxygens (including phenoxy) is 1. The van der Waals surface area contributed by atoms with Gasteiger partial charge in [-0.05, 0) is 19.3 Å². The molecule has 82 valence electrons. The number of carbonyl (C=O) groups is 1. The normalized spacial score (nSPS) is 23.9. The molecule has 1 N–H and O–H groups in total. The van der Waals surface area contributed by atoms with Gasteiger partial charge in [-0.1, -0.05) is 13.8 Å². The number of hydrogen-bond donors (Lipinski definition) is 1. The lowest BCUT2D eigenvalue weighted by molar-refractivity contribution is -0.134. The summed E-state index contributed by atoms with van der Waals surface area (Å²) in [6.45, 7) is 4.95. The van der Waals surface area contributed by atoms with Crippen LogP contribution in [0.5, 0.6) is 0 Å². The second-order valence-corrected chi connectivity index (χ2v) is 4.12. The minimum absolute atomic E-state index is 0.0892. The molecule has 1 aliphatic rings. The first-order chi connectivity index (χ1) is 6.61. The highest BCUT2D eigenvalue weighted by Gasteiger charge is 2.32. The van der Waals surface area contributed by atoms with E-state index >= 15 is 0 Å². The molecule has 3 nitrogen and oxygen atoms in total. The van der Waals surface area contributed by atoms with Crippen molar-refractivity contribution in [2.75, 3.05) is 13.2 Å². The zero-order chi connectivity index (χ0) is 10.6. The number of hydrogen-bond acceptors (Lipinski definition) is 3. The third-order valence-electron chi connectivity index (χ3n) is 3.21. The number of rotatable bonds is 4. The molecule has 1 saturated heterocycles. The molecule has 0 aromatic carbocycles. The molecule has 0 bridgehead atoms. The van der Waals surface area contributed by atoms with Crippen molar-refractivity contribution >= 4 is 5.78 Å². The zero-order valence-corrected chi connectivity index (χ0v) is 9.08. The average molecular weight is 200 g/mol. The van der Waals surface area contributed by atoms with E-state index in [0.29, 0.717) is 38.9 Å². The monoisotopic (exact) mass is 200 g/mol. The van der Waals surface area contributed by atoms with Crippen LogP contribution in [-0.2, 0) is 9.53 Å². The van der Waals surface area contributed by atoms with Gasteiger partial charge in [-0.25, -0.2) is 0 Å². The van der Waals surface area contributed by atoms with Crippen LogP contribution in [0.4, 0.5) is 0 Å². The largest absolute Gasteiger partial charge is 0.390 e. The van der Waals surface area contributed by atoms with Crippen molar-refractivity contribution in [1.29, 1.82) is 0 Å². The summed E-state index contributed by atoms with van der Waals surface area (Å²) >= 11 is 0. The van der Waals surface area contributed by atoms with Crippen LogP contribution in [0.1, 0.15) is 39.5 Å². The molecule has 1 fully saturated rings. The second kappa shape index (κ2) is 4.89. The van der Waals surface area contributed by atoms with E-state index in [9.17, 15) is 9.90 Å². The van der Waals surface area contributed by atoms with Crippen LogP contribution < -0.4 is 0 Å². The van der Waals surface area contributed by atoms with Gasteiger partial charge in [0.2, 0.25) is 0 Å². The van der Waals surface area contributed by atoms with Crippen molar-refractivity contribution < 1.29 is 14.6 Å². The van der Waals surface area contributed by atoms with E-state index in [2.05, 4.69) is 0 Å². The Morgan fingerprint density at radius 2 is 2.14 bits per heavy atom. The molecular formula is C11H20O3. The minimum atomic E-state index is -0.680. The van der Waals surface area contributed by atoms with E-state index in [0.717, 1.165) is 0 Å².